The number of amides is 1. The van der Waals surface area contributed by atoms with Crippen molar-refractivity contribution >= 4 is 17.7 Å². The molecule has 0 saturated heterocycles. The van der Waals surface area contributed by atoms with Gasteiger partial charge in [-0.05, 0) is 44.2 Å². The molecule has 0 spiro atoms. The van der Waals surface area contributed by atoms with Gasteiger partial charge in [0.05, 0.1) is 5.54 Å². The molecule has 1 amide bonds. The van der Waals surface area contributed by atoms with Crippen LogP contribution in [0.2, 0.25) is 0 Å². The van der Waals surface area contributed by atoms with Crippen LogP contribution in [0.3, 0.4) is 0 Å². The summed E-state index contributed by atoms with van der Waals surface area (Å²) in [5.41, 5.74) is 4.79. The third kappa shape index (κ3) is 6.05. The van der Waals surface area contributed by atoms with E-state index in [2.05, 4.69) is 19.2 Å². The van der Waals surface area contributed by atoms with Crippen molar-refractivity contribution in [1.82, 2.24) is 5.32 Å². The zero-order valence-corrected chi connectivity index (χ0v) is 11.1. The van der Waals surface area contributed by atoms with Gasteiger partial charge in [0.15, 0.2) is 0 Å². The van der Waals surface area contributed by atoms with Crippen molar-refractivity contribution in [3.8, 4) is 0 Å². The Morgan fingerprint density at radius 3 is 2.53 bits per heavy atom. The van der Waals surface area contributed by atoms with Gasteiger partial charge in [0.25, 0.3) is 0 Å². The number of hydrogen-bond donors (Lipinski definition) is 2. The lowest BCUT2D eigenvalue weighted by molar-refractivity contribution is -0.123. The predicted molar refractivity (Wildman–Crippen MR) is 68.1 cm³/mol. The lowest BCUT2D eigenvalue weighted by atomic mass is 9.96. The van der Waals surface area contributed by atoms with Gasteiger partial charge in [-0.15, -0.1) is 0 Å². The normalized spacial score (nSPS) is 15.3. The Kier molecular flexibility index (Phi) is 7.02. The predicted octanol–water partition coefficient (Wildman–Crippen LogP) is 1.62. The summed E-state index contributed by atoms with van der Waals surface area (Å²) in [6.07, 6.45) is 1.83. The maximum absolute atomic E-state index is 11.2. The first-order valence-electron chi connectivity index (χ1n) is 5.49. The van der Waals surface area contributed by atoms with Gasteiger partial charge in [-0.1, -0.05) is 13.8 Å². The molecule has 90 valence electrons. The summed E-state index contributed by atoms with van der Waals surface area (Å²) in [5, 5.41) is 2.99. The summed E-state index contributed by atoms with van der Waals surface area (Å²) >= 11 is 1.94. The van der Waals surface area contributed by atoms with Crippen LogP contribution >= 0.6 is 11.8 Å². The number of hydrogen-bond acceptors (Lipinski definition) is 3. The van der Waals surface area contributed by atoms with Crippen LogP contribution in [0.25, 0.3) is 0 Å². The highest BCUT2D eigenvalue weighted by Crippen LogP contribution is 2.15. The third-order valence-electron chi connectivity index (χ3n) is 2.51. The highest BCUT2D eigenvalue weighted by atomic mass is 32.2. The summed E-state index contributed by atoms with van der Waals surface area (Å²) < 4.78 is 0. The lowest BCUT2D eigenvalue weighted by Gasteiger charge is -2.25. The van der Waals surface area contributed by atoms with Gasteiger partial charge < -0.3 is 11.1 Å². The van der Waals surface area contributed by atoms with Crippen molar-refractivity contribution in [2.75, 3.05) is 18.6 Å². The average Bonchev–Trinajstić information content (AvgIpc) is 2.16. The Morgan fingerprint density at radius 2 is 2.13 bits per heavy atom. The summed E-state index contributed by atoms with van der Waals surface area (Å²) in [6.45, 7) is 6.30. The van der Waals surface area contributed by atoms with Gasteiger partial charge in [-0.25, -0.2) is 0 Å². The second kappa shape index (κ2) is 7.12. The summed E-state index contributed by atoms with van der Waals surface area (Å²) in [7, 11) is 1.78. The molecule has 15 heavy (non-hydrogen) atoms. The standard InChI is InChI=1S/C11H24N2OS/c1-9(2)8-15-7-5-6-11(3,13-4)10(12)14/h9,13H,5-8H2,1-4H3,(H2,12,14). The Morgan fingerprint density at radius 1 is 1.53 bits per heavy atom. The monoisotopic (exact) mass is 232 g/mol. The molecule has 1 unspecified atom stereocenters. The van der Waals surface area contributed by atoms with Crippen molar-refractivity contribution in [2.45, 2.75) is 39.2 Å². The van der Waals surface area contributed by atoms with Crippen LogP contribution in [-0.4, -0.2) is 30.0 Å². The number of rotatable bonds is 8. The van der Waals surface area contributed by atoms with Gasteiger partial charge >= 0.3 is 0 Å². The lowest BCUT2D eigenvalue weighted by Crippen LogP contribution is -2.51. The summed E-state index contributed by atoms with van der Waals surface area (Å²) in [6, 6.07) is 0. The van der Waals surface area contributed by atoms with E-state index < -0.39 is 5.54 Å². The molecule has 0 aliphatic heterocycles. The minimum atomic E-state index is -0.543. The van der Waals surface area contributed by atoms with Crippen molar-refractivity contribution in [3.05, 3.63) is 0 Å². The van der Waals surface area contributed by atoms with Gasteiger partial charge in [0.2, 0.25) is 5.91 Å². The fourth-order valence-corrected chi connectivity index (χ4v) is 2.20. The highest BCUT2D eigenvalue weighted by Gasteiger charge is 2.27. The minimum Gasteiger partial charge on any atom is -0.368 e. The minimum absolute atomic E-state index is 0.265. The van der Waals surface area contributed by atoms with Gasteiger partial charge in [-0.2, -0.15) is 11.8 Å². The zero-order chi connectivity index (χ0) is 11.9. The van der Waals surface area contributed by atoms with E-state index in [9.17, 15) is 4.79 Å². The van der Waals surface area contributed by atoms with Gasteiger partial charge in [-0.3, -0.25) is 4.79 Å². The van der Waals surface area contributed by atoms with Gasteiger partial charge in [0.1, 0.15) is 0 Å². The third-order valence-corrected chi connectivity index (χ3v) is 3.99. The number of nitrogens with two attached hydrogens (primary N) is 1. The molecule has 0 heterocycles. The fourth-order valence-electron chi connectivity index (χ4n) is 1.22. The number of carbonyl (C=O) groups excluding carboxylic acids is 1. The van der Waals surface area contributed by atoms with Crippen LogP contribution in [0.4, 0.5) is 0 Å². The number of carbonyl (C=O) groups is 1. The van der Waals surface area contributed by atoms with Crippen LogP contribution in [0.15, 0.2) is 0 Å². The topological polar surface area (TPSA) is 55.1 Å². The van der Waals surface area contributed by atoms with E-state index in [1.165, 1.54) is 5.75 Å². The fraction of sp³-hybridized carbons (Fsp3) is 0.909. The first-order valence-corrected chi connectivity index (χ1v) is 6.64. The first-order chi connectivity index (χ1) is 6.92. The Balaban J connectivity index is 3.69. The van der Waals surface area contributed by atoms with E-state index >= 15 is 0 Å². The number of thioether (sulfide) groups is 1. The maximum Gasteiger partial charge on any atom is 0.237 e. The van der Waals surface area contributed by atoms with Crippen molar-refractivity contribution in [3.63, 3.8) is 0 Å². The molecule has 4 heteroatoms. The van der Waals surface area contributed by atoms with E-state index in [4.69, 9.17) is 5.73 Å². The van der Waals surface area contributed by atoms with Crippen molar-refractivity contribution < 1.29 is 4.79 Å². The molecule has 0 radical (unpaired) electrons. The van der Waals surface area contributed by atoms with E-state index in [0.717, 1.165) is 24.5 Å². The molecule has 3 N–H and O–H groups in total. The molecule has 3 nitrogen and oxygen atoms in total. The molecule has 0 aliphatic rings. The molecule has 0 aromatic carbocycles. The van der Waals surface area contributed by atoms with E-state index in [1.54, 1.807) is 7.05 Å². The van der Waals surface area contributed by atoms with Gasteiger partial charge in [0, 0.05) is 0 Å². The Hall–Kier alpha value is -0.220. The summed E-state index contributed by atoms with van der Waals surface area (Å²) in [4.78, 5) is 11.2. The first kappa shape index (κ1) is 14.8. The Labute approximate surface area is 97.6 Å². The molecular formula is C11H24N2OS. The quantitative estimate of drug-likeness (QED) is 0.625. The Bertz CT molecular complexity index is 197. The molecule has 0 saturated carbocycles. The molecule has 1 atom stereocenters. The number of primary amides is 1. The molecule has 0 fully saturated rings. The van der Waals surface area contributed by atoms with E-state index in [-0.39, 0.29) is 5.91 Å². The largest absolute Gasteiger partial charge is 0.368 e. The second-order valence-electron chi connectivity index (χ2n) is 4.52. The average molecular weight is 232 g/mol. The van der Waals surface area contributed by atoms with Crippen molar-refractivity contribution in [1.29, 1.82) is 0 Å². The SMILES string of the molecule is CNC(C)(CCCSCC(C)C)C(N)=O. The number of likely N-dealkylation sites (N-methyl/N-ethyl adjacent to an activating group) is 1. The van der Waals surface area contributed by atoms with Crippen LogP contribution in [0, 0.1) is 5.92 Å². The molecule has 0 aliphatic carbocycles. The van der Waals surface area contributed by atoms with Crippen LogP contribution in [-0.2, 0) is 4.79 Å². The van der Waals surface area contributed by atoms with E-state index in [0.29, 0.717) is 0 Å². The molecule has 0 aromatic heterocycles. The molecule has 0 rings (SSSR count). The van der Waals surface area contributed by atoms with Crippen LogP contribution in [0.5, 0.6) is 0 Å². The maximum atomic E-state index is 11.2. The van der Waals surface area contributed by atoms with Crippen molar-refractivity contribution in [2.24, 2.45) is 11.7 Å². The summed E-state index contributed by atoms with van der Waals surface area (Å²) in [5.74, 6) is 2.76. The number of nitrogens with one attached hydrogen (secondary N) is 1. The van der Waals surface area contributed by atoms with E-state index in [1.807, 2.05) is 18.7 Å². The zero-order valence-electron chi connectivity index (χ0n) is 10.3. The molecular weight excluding hydrogens is 208 g/mol. The molecule has 0 bridgehead atoms. The van der Waals surface area contributed by atoms with Crippen LogP contribution in [0.1, 0.15) is 33.6 Å². The smallest absolute Gasteiger partial charge is 0.237 e. The second-order valence-corrected chi connectivity index (χ2v) is 5.67. The highest BCUT2D eigenvalue weighted by molar-refractivity contribution is 7.99. The molecule has 0 aromatic rings. The van der Waals surface area contributed by atoms with Crippen LogP contribution < -0.4 is 11.1 Å².